The molecular weight excluding hydrogens is 268 g/mol. The molecular formula is C14H20N6O. The van der Waals surface area contributed by atoms with Gasteiger partial charge in [-0.25, -0.2) is 4.98 Å². The maximum Gasteiger partial charge on any atom is 0.224 e. The van der Waals surface area contributed by atoms with Gasteiger partial charge in [0.2, 0.25) is 11.9 Å². The Morgan fingerprint density at radius 1 is 1.38 bits per heavy atom. The van der Waals surface area contributed by atoms with E-state index in [1.807, 2.05) is 10.9 Å². The van der Waals surface area contributed by atoms with Crippen molar-refractivity contribution in [1.29, 1.82) is 0 Å². The van der Waals surface area contributed by atoms with E-state index in [2.05, 4.69) is 25.7 Å². The molecule has 0 atom stereocenters. The van der Waals surface area contributed by atoms with Gasteiger partial charge in [-0.3, -0.25) is 9.48 Å². The second kappa shape index (κ2) is 6.07. The summed E-state index contributed by atoms with van der Waals surface area (Å²) in [7, 11) is 0. The molecule has 1 saturated carbocycles. The molecule has 3 rings (SSSR count). The third-order valence-corrected chi connectivity index (χ3v) is 3.76. The molecule has 0 unspecified atom stereocenters. The molecule has 7 heteroatoms. The van der Waals surface area contributed by atoms with Crippen LogP contribution in [0.25, 0.3) is 11.0 Å². The molecule has 2 aromatic rings. The van der Waals surface area contributed by atoms with Crippen LogP contribution in [0, 0.1) is 0 Å². The monoisotopic (exact) mass is 288 g/mol. The van der Waals surface area contributed by atoms with E-state index < -0.39 is 0 Å². The maximum atomic E-state index is 10.8. The molecule has 0 spiro atoms. The Morgan fingerprint density at radius 3 is 2.95 bits per heavy atom. The summed E-state index contributed by atoms with van der Waals surface area (Å²) in [6.45, 7) is 2.64. The van der Waals surface area contributed by atoms with E-state index in [9.17, 15) is 4.79 Å². The Hall–Kier alpha value is -2.18. The number of carbonyl (C=O) groups excluding carboxylic acids is 1. The third-order valence-electron chi connectivity index (χ3n) is 3.76. The molecule has 2 heterocycles. The Balaban J connectivity index is 1.66. The van der Waals surface area contributed by atoms with Gasteiger partial charge in [-0.05, 0) is 12.8 Å². The van der Waals surface area contributed by atoms with Crippen LogP contribution in [-0.2, 0) is 4.79 Å². The van der Waals surface area contributed by atoms with Crippen molar-refractivity contribution in [1.82, 2.24) is 25.1 Å². The highest BCUT2D eigenvalue weighted by Crippen LogP contribution is 2.29. The van der Waals surface area contributed by atoms with Gasteiger partial charge in [-0.2, -0.15) is 10.1 Å². The van der Waals surface area contributed by atoms with Crippen LogP contribution in [0.15, 0.2) is 12.4 Å². The molecule has 2 aromatic heterocycles. The molecule has 112 valence electrons. The van der Waals surface area contributed by atoms with Crippen molar-refractivity contribution < 1.29 is 4.79 Å². The zero-order chi connectivity index (χ0) is 14.7. The van der Waals surface area contributed by atoms with Crippen molar-refractivity contribution in [3.63, 3.8) is 0 Å². The van der Waals surface area contributed by atoms with Crippen molar-refractivity contribution in [2.24, 2.45) is 0 Å². The first-order valence-corrected chi connectivity index (χ1v) is 7.42. The molecule has 2 N–H and O–H groups in total. The molecule has 0 radical (unpaired) electrons. The summed E-state index contributed by atoms with van der Waals surface area (Å²) >= 11 is 0. The zero-order valence-corrected chi connectivity index (χ0v) is 12.2. The number of hydrogen-bond acceptors (Lipinski definition) is 5. The standard InChI is InChI=1S/C14H20N6O/c1-10(21)15-6-7-16-14-17-8-11-9-20(19-13(11)18-14)12-4-2-3-5-12/h8-9,12H,2-7H2,1H3,(H,15,21)(H,16,18,19). The Morgan fingerprint density at radius 2 is 2.19 bits per heavy atom. The summed E-state index contributed by atoms with van der Waals surface area (Å²) in [5.41, 5.74) is 0.721. The number of nitrogens with zero attached hydrogens (tertiary/aromatic N) is 4. The third kappa shape index (κ3) is 3.29. The molecule has 1 aliphatic carbocycles. The SMILES string of the molecule is CC(=O)NCCNc1ncc2cn(C3CCCC3)nc2n1. The number of amides is 1. The van der Waals surface area contributed by atoms with Crippen LogP contribution in [0.1, 0.15) is 38.6 Å². The Kier molecular flexibility index (Phi) is 3.98. The summed E-state index contributed by atoms with van der Waals surface area (Å²) in [4.78, 5) is 19.5. The van der Waals surface area contributed by atoms with E-state index in [0.29, 0.717) is 25.1 Å². The fraction of sp³-hybridized carbons (Fsp3) is 0.571. The minimum Gasteiger partial charge on any atom is -0.355 e. The van der Waals surface area contributed by atoms with Crippen LogP contribution in [0.4, 0.5) is 5.95 Å². The smallest absolute Gasteiger partial charge is 0.224 e. The van der Waals surface area contributed by atoms with Gasteiger partial charge in [-0.15, -0.1) is 0 Å². The van der Waals surface area contributed by atoms with Gasteiger partial charge in [-0.1, -0.05) is 12.8 Å². The molecule has 0 saturated heterocycles. The normalized spacial score (nSPS) is 15.5. The maximum absolute atomic E-state index is 10.8. The van der Waals surface area contributed by atoms with Crippen molar-refractivity contribution in [2.75, 3.05) is 18.4 Å². The Labute approximate surface area is 123 Å². The van der Waals surface area contributed by atoms with E-state index in [4.69, 9.17) is 0 Å². The fourth-order valence-electron chi connectivity index (χ4n) is 2.69. The lowest BCUT2D eigenvalue weighted by Gasteiger charge is -2.07. The van der Waals surface area contributed by atoms with Gasteiger partial charge in [0.1, 0.15) is 0 Å². The highest BCUT2D eigenvalue weighted by molar-refractivity contribution is 5.74. The van der Waals surface area contributed by atoms with Crippen LogP contribution in [0.3, 0.4) is 0 Å². The predicted octanol–water partition coefficient (Wildman–Crippen LogP) is 1.49. The van der Waals surface area contributed by atoms with Gasteiger partial charge in [0.25, 0.3) is 0 Å². The van der Waals surface area contributed by atoms with E-state index >= 15 is 0 Å². The second-order valence-corrected chi connectivity index (χ2v) is 5.43. The predicted molar refractivity (Wildman–Crippen MR) is 80.0 cm³/mol. The average Bonchev–Trinajstić information content (AvgIpc) is 3.11. The quantitative estimate of drug-likeness (QED) is 0.814. The van der Waals surface area contributed by atoms with Crippen molar-refractivity contribution in [2.45, 2.75) is 38.6 Å². The van der Waals surface area contributed by atoms with Crippen LogP contribution in [0.5, 0.6) is 0 Å². The summed E-state index contributed by atoms with van der Waals surface area (Å²) in [5.74, 6) is 0.507. The molecule has 1 amide bonds. The average molecular weight is 288 g/mol. The minimum absolute atomic E-state index is 0.0384. The van der Waals surface area contributed by atoms with E-state index in [1.54, 1.807) is 6.20 Å². The molecule has 0 aromatic carbocycles. The number of nitrogens with one attached hydrogen (secondary N) is 2. The number of carbonyl (C=O) groups is 1. The van der Waals surface area contributed by atoms with Gasteiger partial charge in [0.15, 0.2) is 5.65 Å². The van der Waals surface area contributed by atoms with Crippen molar-refractivity contribution >= 4 is 22.9 Å². The van der Waals surface area contributed by atoms with E-state index in [1.165, 1.54) is 32.6 Å². The van der Waals surface area contributed by atoms with Crippen molar-refractivity contribution in [3.05, 3.63) is 12.4 Å². The highest BCUT2D eigenvalue weighted by atomic mass is 16.1. The lowest BCUT2D eigenvalue weighted by atomic mass is 10.3. The van der Waals surface area contributed by atoms with Crippen LogP contribution in [-0.4, -0.2) is 38.7 Å². The fourth-order valence-corrected chi connectivity index (χ4v) is 2.69. The lowest BCUT2D eigenvalue weighted by Crippen LogP contribution is -2.26. The van der Waals surface area contributed by atoms with Crippen molar-refractivity contribution in [3.8, 4) is 0 Å². The largest absolute Gasteiger partial charge is 0.355 e. The summed E-state index contributed by atoms with van der Waals surface area (Å²) in [6, 6.07) is 0.510. The first kappa shape index (κ1) is 13.8. The second-order valence-electron chi connectivity index (χ2n) is 5.43. The first-order chi connectivity index (χ1) is 10.2. The number of aromatic nitrogens is 4. The number of anilines is 1. The number of rotatable bonds is 5. The molecule has 7 nitrogen and oxygen atoms in total. The topological polar surface area (TPSA) is 84.7 Å². The minimum atomic E-state index is -0.0384. The van der Waals surface area contributed by atoms with E-state index in [-0.39, 0.29) is 5.91 Å². The summed E-state index contributed by atoms with van der Waals surface area (Å²) in [6.07, 6.45) is 8.78. The summed E-state index contributed by atoms with van der Waals surface area (Å²) < 4.78 is 2.04. The lowest BCUT2D eigenvalue weighted by molar-refractivity contribution is -0.118. The van der Waals surface area contributed by atoms with Crippen LogP contribution < -0.4 is 10.6 Å². The molecule has 0 aliphatic heterocycles. The molecule has 21 heavy (non-hydrogen) atoms. The number of hydrogen-bond donors (Lipinski definition) is 2. The Bertz CT molecular complexity index is 631. The van der Waals surface area contributed by atoms with Crippen LogP contribution >= 0.6 is 0 Å². The molecule has 1 aliphatic rings. The molecule has 1 fully saturated rings. The van der Waals surface area contributed by atoms with Gasteiger partial charge < -0.3 is 10.6 Å². The summed E-state index contributed by atoms with van der Waals surface area (Å²) in [5, 5.41) is 11.3. The zero-order valence-electron chi connectivity index (χ0n) is 12.2. The first-order valence-electron chi connectivity index (χ1n) is 7.42. The van der Waals surface area contributed by atoms with E-state index in [0.717, 1.165) is 11.0 Å². The van der Waals surface area contributed by atoms with Gasteiger partial charge >= 0.3 is 0 Å². The highest BCUT2D eigenvalue weighted by Gasteiger charge is 2.18. The van der Waals surface area contributed by atoms with Crippen LogP contribution in [0.2, 0.25) is 0 Å². The number of fused-ring (bicyclic) bond motifs is 1. The van der Waals surface area contributed by atoms with Gasteiger partial charge in [0, 0.05) is 32.4 Å². The van der Waals surface area contributed by atoms with Gasteiger partial charge in [0.05, 0.1) is 11.4 Å². The molecule has 0 bridgehead atoms.